The molecule has 3 aliphatic carbocycles. The van der Waals surface area contributed by atoms with E-state index in [1.807, 2.05) is 0 Å². The third kappa shape index (κ3) is 9.21. The standard InChI is InChI=1S/C36H25N9O13S2/c37-31-30-17(13-28(59(53,54)55)32(31)44-40-20-5-1-18(2-6-20)38-42-22-9-11-26(46)24(15-22)35(49)50)14-29(60(56,57)58)33(34(30)48)45-41-21-7-3-19(4-8-21)39-43-23-10-12-27(47)25(16-23)36(51)52/h1-16,38-39,41H,37H2,(H,49,50)(H,51,52)(H,53,54,55)(H,56,57,58)/b42-22+,43-23-,44-40?,45-33+. The molecule has 0 unspecified atom stereocenters. The average Bonchev–Trinajstić information content (AvgIpc) is 3.19. The summed E-state index contributed by atoms with van der Waals surface area (Å²) in [6, 6.07) is 12.1. The number of nitrogen functional groups attached to an aromatic ring is 1. The van der Waals surface area contributed by atoms with Crippen LogP contribution in [0.3, 0.4) is 0 Å². The van der Waals surface area contributed by atoms with Gasteiger partial charge < -0.3 is 15.9 Å². The number of aliphatic carboxylic acids is 2. The molecule has 24 heteroatoms. The molecule has 3 aromatic carbocycles. The third-order valence-electron chi connectivity index (χ3n) is 8.18. The van der Waals surface area contributed by atoms with Crippen LogP contribution >= 0.6 is 0 Å². The Kier molecular flexibility index (Phi) is 11.4. The second-order valence-corrected chi connectivity index (χ2v) is 15.0. The molecule has 0 saturated heterocycles. The van der Waals surface area contributed by atoms with Gasteiger partial charge in [-0.15, -0.1) is 5.11 Å². The average molecular weight is 856 g/mol. The predicted octanol–water partition coefficient (Wildman–Crippen LogP) is 3.66. The number of hydrogen-bond donors (Lipinski definition) is 8. The monoisotopic (exact) mass is 855 g/mol. The summed E-state index contributed by atoms with van der Waals surface area (Å²) in [5.41, 5.74) is 11.2. The Morgan fingerprint density at radius 1 is 0.617 bits per heavy atom. The largest absolute Gasteiger partial charge is 0.478 e. The summed E-state index contributed by atoms with van der Waals surface area (Å²) in [7, 11) is -10.4. The van der Waals surface area contributed by atoms with Crippen LogP contribution < -0.4 is 22.0 Å². The van der Waals surface area contributed by atoms with E-state index in [0.717, 1.165) is 30.4 Å². The van der Waals surface area contributed by atoms with Crippen molar-refractivity contribution < 1.29 is 60.1 Å². The van der Waals surface area contributed by atoms with Gasteiger partial charge >= 0.3 is 11.9 Å². The molecular weight excluding hydrogens is 831 g/mol. The van der Waals surface area contributed by atoms with Gasteiger partial charge in [0.05, 0.1) is 45.4 Å². The van der Waals surface area contributed by atoms with Crippen molar-refractivity contribution in [2.45, 2.75) is 4.90 Å². The quantitative estimate of drug-likeness (QED) is 0.0322. The molecule has 0 heterocycles. The number of carboxylic acids is 2. The van der Waals surface area contributed by atoms with E-state index in [0.29, 0.717) is 17.4 Å². The van der Waals surface area contributed by atoms with Crippen LogP contribution in [-0.4, -0.2) is 82.6 Å². The van der Waals surface area contributed by atoms with E-state index in [1.165, 1.54) is 60.7 Å². The topological polar surface area (TPSA) is 358 Å². The molecule has 9 N–H and O–H groups in total. The number of nitrogens with one attached hydrogen (secondary N) is 3. The number of allylic oxidation sites excluding steroid dienone is 7. The lowest BCUT2D eigenvalue weighted by atomic mass is 9.92. The van der Waals surface area contributed by atoms with E-state index < -0.39 is 98.7 Å². The minimum absolute atomic E-state index is 0.0919. The molecule has 0 spiro atoms. The highest BCUT2D eigenvalue weighted by atomic mass is 32.2. The van der Waals surface area contributed by atoms with Crippen molar-refractivity contribution in [2.24, 2.45) is 25.5 Å². The van der Waals surface area contributed by atoms with Gasteiger partial charge in [0, 0.05) is 0 Å². The van der Waals surface area contributed by atoms with Crippen molar-refractivity contribution in [3.8, 4) is 0 Å². The number of Topliss-reactive ketones (excluding diaryl/α,β-unsaturated/α-hetero) is 1. The summed E-state index contributed by atoms with van der Waals surface area (Å²) < 4.78 is 69.9. The molecule has 0 amide bonds. The number of hydrogen-bond acceptors (Lipinski definition) is 18. The van der Waals surface area contributed by atoms with Crippen LogP contribution in [-0.2, 0) is 39.4 Å². The number of benzene rings is 3. The maximum Gasteiger partial charge on any atom is 0.339 e. The summed E-state index contributed by atoms with van der Waals surface area (Å²) in [6.45, 7) is 0. The van der Waals surface area contributed by atoms with Crippen LogP contribution in [0.5, 0.6) is 0 Å². The van der Waals surface area contributed by atoms with Crippen LogP contribution in [0, 0.1) is 0 Å². The number of ketones is 3. The molecule has 0 atom stereocenters. The lowest BCUT2D eigenvalue weighted by Gasteiger charge is -2.20. The lowest BCUT2D eigenvalue weighted by molar-refractivity contribution is -0.135. The number of fused-ring (bicyclic) bond motifs is 1. The highest BCUT2D eigenvalue weighted by Crippen LogP contribution is 2.41. The van der Waals surface area contributed by atoms with E-state index in [1.54, 1.807) is 0 Å². The van der Waals surface area contributed by atoms with Gasteiger partial charge in [0.2, 0.25) is 5.78 Å². The molecule has 3 aliphatic rings. The maximum atomic E-state index is 13.8. The fourth-order valence-corrected chi connectivity index (χ4v) is 6.65. The number of azo groups is 1. The summed E-state index contributed by atoms with van der Waals surface area (Å²) in [6.07, 6.45) is 7.56. The molecule has 3 aromatic rings. The van der Waals surface area contributed by atoms with Crippen molar-refractivity contribution >= 4 is 107 Å². The fraction of sp³-hybridized carbons (Fsp3) is 0. The molecule has 0 aliphatic heterocycles. The number of nitrogens with zero attached hydrogens (tertiary/aromatic N) is 5. The van der Waals surface area contributed by atoms with Gasteiger partial charge in [0.25, 0.3) is 20.2 Å². The van der Waals surface area contributed by atoms with Gasteiger partial charge in [-0.1, -0.05) is 0 Å². The highest BCUT2D eigenvalue weighted by molar-refractivity contribution is 7.91. The van der Waals surface area contributed by atoms with Crippen LogP contribution in [0.2, 0.25) is 0 Å². The number of anilines is 4. The summed E-state index contributed by atoms with van der Waals surface area (Å²) in [5.74, 6) is -5.44. The highest BCUT2D eigenvalue weighted by Gasteiger charge is 2.37. The minimum Gasteiger partial charge on any atom is -0.478 e. The second kappa shape index (κ2) is 16.4. The molecule has 304 valence electrons. The number of hydrazone groups is 3. The first-order valence-corrected chi connectivity index (χ1v) is 19.3. The number of nitrogens with two attached hydrogens (primary N) is 1. The van der Waals surface area contributed by atoms with Gasteiger partial charge in [-0.3, -0.25) is 39.8 Å². The molecule has 0 radical (unpaired) electrons. The van der Waals surface area contributed by atoms with Gasteiger partial charge in [0.1, 0.15) is 26.6 Å². The van der Waals surface area contributed by atoms with Gasteiger partial charge in [-0.2, -0.15) is 37.3 Å². The predicted molar refractivity (Wildman–Crippen MR) is 214 cm³/mol. The first-order valence-electron chi connectivity index (χ1n) is 16.5. The van der Waals surface area contributed by atoms with Crippen LogP contribution in [0.4, 0.5) is 34.1 Å². The first kappa shape index (κ1) is 41.6. The van der Waals surface area contributed by atoms with E-state index in [9.17, 15) is 49.9 Å². The van der Waals surface area contributed by atoms with E-state index in [-0.39, 0.29) is 22.8 Å². The maximum absolute atomic E-state index is 13.8. The molecule has 0 saturated carbocycles. The van der Waals surface area contributed by atoms with Crippen molar-refractivity contribution in [1.29, 1.82) is 0 Å². The lowest BCUT2D eigenvalue weighted by Crippen LogP contribution is -2.28. The number of carboxylic acid groups (broad SMARTS) is 2. The first-order chi connectivity index (χ1) is 28.3. The Hall–Kier alpha value is -8.06. The molecule has 22 nitrogen and oxygen atoms in total. The molecule has 6 rings (SSSR count). The normalized spacial score (nSPS) is 17.4. The van der Waals surface area contributed by atoms with Gasteiger partial charge in [-0.25, -0.2) is 9.59 Å². The molecular formula is C36H25N9O13S2. The van der Waals surface area contributed by atoms with E-state index in [4.69, 9.17) is 15.9 Å². The molecule has 0 aromatic heterocycles. The molecule has 0 fully saturated rings. The van der Waals surface area contributed by atoms with Crippen molar-refractivity contribution in [2.75, 3.05) is 22.0 Å². The van der Waals surface area contributed by atoms with Crippen LogP contribution in [0.25, 0.3) is 6.08 Å². The Morgan fingerprint density at radius 2 is 1.08 bits per heavy atom. The zero-order valence-electron chi connectivity index (χ0n) is 29.8. The Morgan fingerprint density at radius 3 is 1.53 bits per heavy atom. The van der Waals surface area contributed by atoms with Crippen LogP contribution in [0.1, 0.15) is 15.9 Å². The van der Waals surface area contributed by atoms with Gasteiger partial charge in [0.15, 0.2) is 17.3 Å². The number of carbonyl (C=O) groups excluding carboxylic acids is 3. The smallest absolute Gasteiger partial charge is 0.339 e. The zero-order valence-corrected chi connectivity index (χ0v) is 31.5. The summed E-state index contributed by atoms with van der Waals surface area (Å²) >= 11 is 0. The van der Waals surface area contributed by atoms with Crippen molar-refractivity contribution in [3.05, 3.63) is 118 Å². The van der Waals surface area contributed by atoms with Gasteiger partial charge in [-0.05, 0) is 103 Å². The number of rotatable bonds is 12. The van der Waals surface area contributed by atoms with E-state index in [2.05, 4.69) is 41.8 Å². The Labute approximate surface area is 336 Å². The molecule has 0 bridgehead atoms. The van der Waals surface area contributed by atoms with Crippen molar-refractivity contribution in [3.63, 3.8) is 0 Å². The van der Waals surface area contributed by atoms with Crippen molar-refractivity contribution in [1.82, 2.24) is 0 Å². The second-order valence-electron chi connectivity index (χ2n) is 12.2. The third-order valence-corrected chi connectivity index (χ3v) is 9.91. The fourth-order valence-electron chi connectivity index (χ4n) is 5.32. The summed E-state index contributed by atoms with van der Waals surface area (Å²) in [5, 5.41) is 38.0. The summed E-state index contributed by atoms with van der Waals surface area (Å²) in [4.78, 5) is 57.7. The Bertz CT molecular complexity index is 2940. The Balaban J connectivity index is 1.26. The zero-order chi connectivity index (χ0) is 43.5. The SMILES string of the molecule is Nc1c(N=Nc2ccc(N/N=C3\C=CC(=O)C(C(=O)O)=C3)cc2)c(S(=O)(=O)O)cc2c1C(=O)/C(=N/Nc1ccc(N/N=C3/C=CC(=O)C(C(=O)O)=C3)cc1)C(S(=O)(=O)O)=C2. The minimum atomic E-state index is -5.21. The molecule has 60 heavy (non-hydrogen) atoms. The number of carbonyl (C=O) groups is 5. The van der Waals surface area contributed by atoms with Crippen LogP contribution in [0.15, 0.2) is 138 Å². The van der Waals surface area contributed by atoms with E-state index >= 15 is 0 Å².